The smallest absolute Gasteiger partial charge is 0.239 e. The molecule has 0 aromatic heterocycles. The first-order valence-corrected chi connectivity index (χ1v) is 7.89. The number of nitrogens with two attached hydrogens (primary N) is 1. The Morgan fingerprint density at radius 3 is 2.40 bits per heavy atom. The summed E-state index contributed by atoms with van der Waals surface area (Å²) in [5.74, 6) is 0.648. The largest absolute Gasteiger partial charge is 0.383 e. The van der Waals surface area contributed by atoms with Crippen LogP contribution in [-0.4, -0.2) is 31.7 Å². The molecule has 0 aromatic carbocycles. The zero-order valence-electron chi connectivity index (χ0n) is 13.6. The van der Waals surface area contributed by atoms with Crippen LogP contribution in [-0.2, 0) is 9.53 Å². The summed E-state index contributed by atoms with van der Waals surface area (Å²) in [4.78, 5) is 12.1. The first-order chi connectivity index (χ1) is 9.34. The van der Waals surface area contributed by atoms with Crippen molar-refractivity contribution in [2.24, 2.45) is 17.1 Å². The summed E-state index contributed by atoms with van der Waals surface area (Å²) in [6, 6.07) is -0.391. The van der Waals surface area contributed by atoms with Crippen LogP contribution in [0.15, 0.2) is 0 Å². The molecule has 0 aromatic rings. The monoisotopic (exact) mass is 284 g/mol. The van der Waals surface area contributed by atoms with Crippen LogP contribution in [0.4, 0.5) is 0 Å². The maximum atomic E-state index is 12.1. The summed E-state index contributed by atoms with van der Waals surface area (Å²) in [6.45, 7) is 6.82. The van der Waals surface area contributed by atoms with Crippen LogP contribution in [0.25, 0.3) is 0 Å². The van der Waals surface area contributed by atoms with E-state index in [1.54, 1.807) is 7.11 Å². The molecule has 3 N–H and O–H groups in total. The summed E-state index contributed by atoms with van der Waals surface area (Å²) in [7, 11) is 1.57. The van der Waals surface area contributed by atoms with Crippen molar-refractivity contribution in [3.05, 3.63) is 0 Å². The van der Waals surface area contributed by atoms with Crippen molar-refractivity contribution < 1.29 is 9.53 Å². The van der Waals surface area contributed by atoms with Crippen LogP contribution in [0.5, 0.6) is 0 Å². The predicted octanol–water partition coefficient (Wildman–Crippen LogP) is 2.46. The van der Waals surface area contributed by atoms with Crippen molar-refractivity contribution >= 4 is 5.91 Å². The Hall–Kier alpha value is -0.610. The SMILES string of the molecule is COCC(N)C(=O)NC(CC1CCCCC1)C(C)(C)C. The lowest BCUT2D eigenvalue weighted by Gasteiger charge is -2.36. The van der Waals surface area contributed by atoms with Gasteiger partial charge in [-0.15, -0.1) is 0 Å². The van der Waals surface area contributed by atoms with E-state index in [9.17, 15) is 4.79 Å². The van der Waals surface area contributed by atoms with Gasteiger partial charge in [0.05, 0.1) is 6.61 Å². The first kappa shape index (κ1) is 17.4. The Morgan fingerprint density at radius 1 is 1.30 bits per heavy atom. The molecule has 0 saturated heterocycles. The lowest BCUT2D eigenvalue weighted by molar-refractivity contribution is -0.125. The second-order valence-electron chi connectivity index (χ2n) is 7.23. The maximum absolute atomic E-state index is 12.1. The quantitative estimate of drug-likeness (QED) is 0.787. The fourth-order valence-electron chi connectivity index (χ4n) is 2.92. The Morgan fingerprint density at radius 2 is 1.90 bits per heavy atom. The van der Waals surface area contributed by atoms with Crippen molar-refractivity contribution in [2.75, 3.05) is 13.7 Å². The Bertz CT molecular complexity index is 293. The molecule has 0 spiro atoms. The number of amides is 1. The van der Waals surface area contributed by atoms with Gasteiger partial charge in [-0.05, 0) is 17.8 Å². The summed E-state index contributed by atoms with van der Waals surface area (Å²) in [5, 5.41) is 3.14. The van der Waals surface area contributed by atoms with E-state index in [0.29, 0.717) is 0 Å². The summed E-state index contributed by atoms with van der Waals surface area (Å²) >= 11 is 0. The molecule has 1 aliphatic rings. The molecule has 0 aliphatic heterocycles. The molecule has 4 nitrogen and oxygen atoms in total. The second kappa shape index (κ2) is 7.99. The van der Waals surface area contributed by atoms with Crippen molar-refractivity contribution in [2.45, 2.75) is 71.4 Å². The fourth-order valence-corrected chi connectivity index (χ4v) is 2.92. The molecular weight excluding hydrogens is 252 g/mol. The minimum absolute atomic E-state index is 0.0555. The van der Waals surface area contributed by atoms with E-state index in [0.717, 1.165) is 12.3 Å². The van der Waals surface area contributed by atoms with E-state index >= 15 is 0 Å². The van der Waals surface area contributed by atoms with Gasteiger partial charge in [0.15, 0.2) is 0 Å². The highest BCUT2D eigenvalue weighted by Gasteiger charge is 2.30. The van der Waals surface area contributed by atoms with E-state index in [1.807, 2.05) is 0 Å². The van der Waals surface area contributed by atoms with Gasteiger partial charge < -0.3 is 15.8 Å². The summed E-state index contributed by atoms with van der Waals surface area (Å²) < 4.78 is 4.96. The van der Waals surface area contributed by atoms with Gasteiger partial charge in [0.2, 0.25) is 5.91 Å². The van der Waals surface area contributed by atoms with Gasteiger partial charge in [-0.1, -0.05) is 52.9 Å². The molecular formula is C16H32N2O2. The van der Waals surface area contributed by atoms with E-state index < -0.39 is 6.04 Å². The Kier molecular flexibility index (Phi) is 6.96. The van der Waals surface area contributed by atoms with Crippen molar-refractivity contribution in [3.8, 4) is 0 Å². The highest BCUT2D eigenvalue weighted by atomic mass is 16.5. The minimum Gasteiger partial charge on any atom is -0.383 e. The lowest BCUT2D eigenvalue weighted by atomic mass is 9.77. The zero-order valence-corrected chi connectivity index (χ0v) is 13.6. The lowest BCUT2D eigenvalue weighted by Crippen LogP contribution is -2.52. The third-order valence-corrected chi connectivity index (χ3v) is 4.34. The average Bonchev–Trinajstić information content (AvgIpc) is 2.38. The normalized spacial score (nSPS) is 20.4. The summed E-state index contributed by atoms with van der Waals surface area (Å²) in [6.07, 6.45) is 7.69. The molecule has 118 valence electrons. The average molecular weight is 284 g/mol. The molecule has 2 atom stereocenters. The van der Waals surface area contributed by atoms with Gasteiger partial charge in [-0.3, -0.25) is 4.79 Å². The summed E-state index contributed by atoms with van der Waals surface area (Å²) in [5.41, 5.74) is 5.87. The Labute approximate surface area is 123 Å². The zero-order chi connectivity index (χ0) is 15.2. The number of rotatable bonds is 6. The van der Waals surface area contributed by atoms with Gasteiger partial charge >= 0.3 is 0 Å². The van der Waals surface area contributed by atoms with Crippen molar-refractivity contribution in [3.63, 3.8) is 0 Å². The van der Waals surface area contributed by atoms with Gasteiger partial charge in [-0.2, -0.15) is 0 Å². The molecule has 0 bridgehead atoms. The molecule has 1 amide bonds. The number of hydrogen-bond donors (Lipinski definition) is 2. The third-order valence-electron chi connectivity index (χ3n) is 4.34. The predicted molar refractivity (Wildman–Crippen MR) is 82.4 cm³/mol. The molecule has 1 rings (SSSR count). The van der Waals surface area contributed by atoms with Crippen molar-refractivity contribution in [1.82, 2.24) is 5.32 Å². The molecule has 0 heterocycles. The molecule has 2 unspecified atom stereocenters. The van der Waals surface area contributed by atoms with Gasteiger partial charge in [0, 0.05) is 13.2 Å². The van der Waals surface area contributed by atoms with Crippen LogP contribution in [0, 0.1) is 11.3 Å². The van der Waals surface area contributed by atoms with Gasteiger partial charge in [-0.25, -0.2) is 0 Å². The molecule has 4 heteroatoms. The van der Waals surface area contributed by atoms with E-state index in [-0.39, 0.29) is 24.0 Å². The number of ether oxygens (including phenoxy) is 1. The topological polar surface area (TPSA) is 64.3 Å². The van der Waals surface area contributed by atoms with E-state index in [4.69, 9.17) is 10.5 Å². The number of nitrogens with one attached hydrogen (secondary N) is 1. The second-order valence-corrected chi connectivity index (χ2v) is 7.23. The van der Waals surface area contributed by atoms with E-state index in [1.165, 1.54) is 32.1 Å². The molecule has 0 radical (unpaired) electrons. The number of carbonyl (C=O) groups excluding carboxylic acids is 1. The van der Waals surface area contributed by atoms with E-state index in [2.05, 4.69) is 26.1 Å². The number of hydrogen-bond acceptors (Lipinski definition) is 3. The third kappa shape index (κ3) is 5.80. The maximum Gasteiger partial charge on any atom is 0.239 e. The van der Waals surface area contributed by atoms with Crippen LogP contribution in [0.2, 0.25) is 0 Å². The van der Waals surface area contributed by atoms with Crippen LogP contribution in [0.3, 0.4) is 0 Å². The molecule has 1 aliphatic carbocycles. The first-order valence-electron chi connectivity index (χ1n) is 7.89. The number of methoxy groups -OCH3 is 1. The van der Waals surface area contributed by atoms with Gasteiger partial charge in [0.25, 0.3) is 0 Å². The van der Waals surface area contributed by atoms with Crippen LogP contribution in [0.1, 0.15) is 59.3 Å². The standard InChI is InChI=1S/C16H32N2O2/c1-16(2,3)14(10-12-8-6-5-7-9-12)18-15(19)13(17)11-20-4/h12-14H,5-11,17H2,1-4H3,(H,18,19). The van der Waals surface area contributed by atoms with Crippen molar-refractivity contribution in [1.29, 1.82) is 0 Å². The highest BCUT2D eigenvalue weighted by molar-refractivity contribution is 5.82. The molecule has 1 saturated carbocycles. The molecule has 20 heavy (non-hydrogen) atoms. The van der Waals surface area contributed by atoms with Crippen LogP contribution < -0.4 is 11.1 Å². The number of carbonyl (C=O) groups is 1. The molecule has 1 fully saturated rings. The fraction of sp³-hybridized carbons (Fsp3) is 0.938. The highest BCUT2D eigenvalue weighted by Crippen LogP contribution is 2.32. The Balaban J connectivity index is 2.57. The van der Waals surface area contributed by atoms with Gasteiger partial charge in [0.1, 0.15) is 6.04 Å². The van der Waals surface area contributed by atoms with Crippen LogP contribution >= 0.6 is 0 Å². The minimum atomic E-state index is -0.573.